The zero-order valence-corrected chi connectivity index (χ0v) is 17.8. The van der Waals surface area contributed by atoms with Crippen LogP contribution < -0.4 is 5.32 Å². The zero-order valence-electron chi connectivity index (χ0n) is 16.2. The van der Waals surface area contributed by atoms with Crippen molar-refractivity contribution in [2.24, 2.45) is 0 Å². The number of aliphatic hydroxyl groups excluding tert-OH is 1. The third-order valence-corrected chi connectivity index (χ3v) is 6.12. The number of ether oxygens (including phenoxy) is 2. The molecule has 1 aromatic heterocycles. The quantitative estimate of drug-likeness (QED) is 0.190. The van der Waals surface area contributed by atoms with E-state index in [0.29, 0.717) is 22.5 Å². The molecule has 0 radical (unpaired) electrons. The van der Waals surface area contributed by atoms with Crippen molar-refractivity contribution in [1.29, 1.82) is 0 Å². The number of hydrogen-bond acceptors (Lipinski definition) is 11. The lowest BCUT2D eigenvalue weighted by molar-refractivity contribution is -0.257. The number of β-lactam (4-membered cyclic amide) rings is 1. The van der Waals surface area contributed by atoms with E-state index in [1.807, 2.05) is 0 Å². The molecule has 2 aliphatic heterocycles. The second-order valence-corrected chi connectivity index (χ2v) is 8.10. The second-order valence-electron chi connectivity index (χ2n) is 6.24. The first-order chi connectivity index (χ1) is 14.9. The Bertz CT molecular complexity index is 899. The van der Waals surface area contributed by atoms with Gasteiger partial charge < -0.3 is 25.0 Å². The van der Waals surface area contributed by atoms with Gasteiger partial charge in [-0.05, 0) is 16.0 Å². The van der Waals surface area contributed by atoms with E-state index in [1.165, 1.54) is 11.8 Å². The Hall–Kier alpha value is -2.27. The Morgan fingerprint density at radius 2 is 2.26 bits per heavy atom. The molecule has 31 heavy (non-hydrogen) atoms. The van der Waals surface area contributed by atoms with Gasteiger partial charge in [-0.25, -0.2) is 13.9 Å². The van der Waals surface area contributed by atoms with Crippen LogP contribution in [0.2, 0.25) is 0 Å². The van der Waals surface area contributed by atoms with Gasteiger partial charge >= 0.3 is 5.97 Å². The van der Waals surface area contributed by atoms with Crippen LogP contribution in [0.5, 0.6) is 0 Å². The van der Waals surface area contributed by atoms with E-state index in [0.717, 1.165) is 16.7 Å². The highest BCUT2D eigenvalue weighted by atomic mass is 32.2. The molecule has 170 valence electrons. The molecular formula is C15H19FN6O7S2. The number of rotatable bonds is 11. The SMILES string of the molecule is COC1(NC(=O)CSCF)C(=O)N2C(C(=O)O)=C(CSc3nnnn3CCO)COC21. The van der Waals surface area contributed by atoms with Crippen LogP contribution in [0.1, 0.15) is 0 Å². The molecule has 2 atom stereocenters. The van der Waals surface area contributed by atoms with E-state index < -0.39 is 35.7 Å². The summed E-state index contributed by atoms with van der Waals surface area (Å²) in [5.74, 6) is -2.96. The number of aromatic nitrogens is 4. The molecule has 0 bridgehead atoms. The van der Waals surface area contributed by atoms with Crippen molar-refractivity contribution in [2.45, 2.75) is 23.7 Å². The number of aliphatic carboxylic acids is 1. The van der Waals surface area contributed by atoms with Crippen LogP contribution >= 0.6 is 23.5 Å². The molecule has 13 nitrogen and oxygen atoms in total. The smallest absolute Gasteiger partial charge is 0.352 e. The van der Waals surface area contributed by atoms with Crippen molar-refractivity contribution < 1.29 is 38.5 Å². The molecule has 3 rings (SSSR count). The maximum atomic E-state index is 12.8. The van der Waals surface area contributed by atoms with Gasteiger partial charge in [0.05, 0.1) is 25.5 Å². The fourth-order valence-electron chi connectivity index (χ4n) is 3.12. The number of thioether (sulfide) groups is 2. The number of tetrazole rings is 1. The summed E-state index contributed by atoms with van der Waals surface area (Å²) in [6.45, 7) is -0.158. The van der Waals surface area contributed by atoms with Gasteiger partial charge in [0.1, 0.15) is 11.7 Å². The van der Waals surface area contributed by atoms with Crippen molar-refractivity contribution in [3.63, 3.8) is 0 Å². The fourth-order valence-corrected chi connectivity index (χ4v) is 4.34. The monoisotopic (exact) mass is 478 g/mol. The van der Waals surface area contributed by atoms with Crippen molar-refractivity contribution >= 4 is 41.3 Å². The fraction of sp³-hybridized carbons (Fsp3) is 0.600. The molecule has 0 aliphatic carbocycles. The first kappa shape index (κ1) is 23.4. The van der Waals surface area contributed by atoms with Crippen molar-refractivity contribution in [1.82, 2.24) is 30.4 Å². The van der Waals surface area contributed by atoms with Crippen LogP contribution in [-0.4, -0.2) is 103 Å². The first-order valence-corrected chi connectivity index (χ1v) is 10.9. The number of nitrogens with zero attached hydrogens (tertiary/aromatic N) is 5. The minimum Gasteiger partial charge on any atom is -0.477 e. The Balaban J connectivity index is 1.79. The lowest BCUT2D eigenvalue weighted by Gasteiger charge is -2.55. The summed E-state index contributed by atoms with van der Waals surface area (Å²) in [5.41, 5.74) is -1.88. The average molecular weight is 478 g/mol. The maximum absolute atomic E-state index is 12.8. The third kappa shape index (κ3) is 4.38. The van der Waals surface area contributed by atoms with Crippen LogP contribution in [-0.2, 0) is 30.4 Å². The number of fused-ring (bicyclic) bond motifs is 1. The molecule has 2 aliphatic rings. The van der Waals surface area contributed by atoms with Crippen LogP contribution in [0.3, 0.4) is 0 Å². The molecule has 2 unspecified atom stereocenters. The molecule has 1 aromatic rings. The van der Waals surface area contributed by atoms with E-state index in [4.69, 9.17) is 14.6 Å². The van der Waals surface area contributed by atoms with E-state index in [9.17, 15) is 23.9 Å². The summed E-state index contributed by atoms with van der Waals surface area (Å²) < 4.78 is 24.5. The average Bonchev–Trinajstić information content (AvgIpc) is 3.20. The van der Waals surface area contributed by atoms with Crippen LogP contribution in [0.4, 0.5) is 4.39 Å². The maximum Gasteiger partial charge on any atom is 0.352 e. The summed E-state index contributed by atoms with van der Waals surface area (Å²) >= 11 is 1.82. The number of carboxylic acid groups (broad SMARTS) is 1. The van der Waals surface area contributed by atoms with Gasteiger partial charge in [0.2, 0.25) is 11.1 Å². The standard InChI is InChI=1S/C15H19FN6O7S2/c1-28-15(17-9(24)6-30-7-16)12(27)22-10(11(25)26)8(4-29-13(15)22)5-31-14-18-19-20-21(14)2-3-23/h13,23H,2-7H2,1H3,(H,17,24)(H,25,26). The molecular weight excluding hydrogens is 459 g/mol. The third-order valence-electron chi connectivity index (χ3n) is 4.46. The zero-order chi connectivity index (χ0) is 22.6. The van der Waals surface area contributed by atoms with Gasteiger partial charge in [-0.15, -0.1) is 16.9 Å². The predicted molar refractivity (Wildman–Crippen MR) is 103 cm³/mol. The Labute approximate surface area is 183 Å². The number of carbonyl (C=O) groups excluding carboxylic acids is 2. The Kier molecular flexibility index (Phi) is 7.47. The molecule has 0 saturated carbocycles. The summed E-state index contributed by atoms with van der Waals surface area (Å²) in [5, 5.41) is 32.5. The normalized spacial score (nSPS) is 22.9. The van der Waals surface area contributed by atoms with Gasteiger partial charge in [-0.3, -0.25) is 14.5 Å². The number of halogens is 1. The number of amides is 2. The topological polar surface area (TPSA) is 169 Å². The lowest BCUT2D eigenvalue weighted by Crippen LogP contribution is -2.82. The molecule has 16 heteroatoms. The molecule has 1 saturated heterocycles. The number of nitrogens with one attached hydrogen (secondary N) is 1. The molecule has 2 amide bonds. The summed E-state index contributed by atoms with van der Waals surface area (Å²) in [6.07, 6.45) is -1.19. The highest BCUT2D eigenvalue weighted by molar-refractivity contribution is 7.99. The van der Waals surface area contributed by atoms with Gasteiger partial charge in [0, 0.05) is 12.9 Å². The molecule has 1 fully saturated rings. The number of alkyl halides is 1. The highest BCUT2D eigenvalue weighted by Crippen LogP contribution is 2.41. The Morgan fingerprint density at radius 1 is 1.48 bits per heavy atom. The van der Waals surface area contributed by atoms with E-state index >= 15 is 0 Å². The minimum atomic E-state index is -1.89. The van der Waals surface area contributed by atoms with E-state index in [-0.39, 0.29) is 37.0 Å². The van der Waals surface area contributed by atoms with Crippen LogP contribution in [0.15, 0.2) is 16.4 Å². The summed E-state index contributed by atoms with van der Waals surface area (Å²) in [6, 6.07) is -0.776. The number of carboxylic acids is 1. The molecule has 0 aromatic carbocycles. The molecule has 0 spiro atoms. The first-order valence-electron chi connectivity index (χ1n) is 8.79. The number of aliphatic hydroxyl groups is 1. The Morgan fingerprint density at radius 3 is 2.90 bits per heavy atom. The number of hydrogen-bond donors (Lipinski definition) is 3. The van der Waals surface area contributed by atoms with E-state index in [1.54, 1.807) is 0 Å². The van der Waals surface area contributed by atoms with Crippen molar-refractivity contribution in [2.75, 3.05) is 37.8 Å². The number of methoxy groups -OCH3 is 1. The summed E-state index contributed by atoms with van der Waals surface area (Å²) in [4.78, 5) is 37.7. The second kappa shape index (κ2) is 9.90. The van der Waals surface area contributed by atoms with Gasteiger partial charge in [0.25, 0.3) is 11.6 Å². The lowest BCUT2D eigenvalue weighted by atomic mass is 9.94. The van der Waals surface area contributed by atoms with Gasteiger partial charge in [-0.2, -0.15) is 0 Å². The van der Waals surface area contributed by atoms with Crippen LogP contribution in [0, 0.1) is 0 Å². The van der Waals surface area contributed by atoms with Crippen molar-refractivity contribution in [3.8, 4) is 0 Å². The van der Waals surface area contributed by atoms with E-state index in [2.05, 4.69) is 20.8 Å². The number of carbonyl (C=O) groups is 3. The van der Waals surface area contributed by atoms with Crippen LogP contribution in [0.25, 0.3) is 0 Å². The molecule has 3 heterocycles. The van der Waals surface area contributed by atoms with Crippen molar-refractivity contribution in [3.05, 3.63) is 11.3 Å². The predicted octanol–water partition coefficient (Wildman–Crippen LogP) is -1.59. The minimum absolute atomic E-state index is 0.101. The largest absolute Gasteiger partial charge is 0.477 e. The molecule has 3 N–H and O–H groups in total. The summed E-state index contributed by atoms with van der Waals surface area (Å²) in [7, 11) is 1.18. The highest BCUT2D eigenvalue weighted by Gasteiger charge is 2.67. The van der Waals surface area contributed by atoms with Gasteiger partial charge in [-0.1, -0.05) is 11.8 Å². The van der Waals surface area contributed by atoms with Gasteiger partial charge in [0.15, 0.2) is 6.23 Å².